The zero-order chi connectivity index (χ0) is 14.7. The molecule has 1 aromatic carbocycles. The summed E-state index contributed by atoms with van der Waals surface area (Å²) in [5.41, 5.74) is 3.61. The quantitative estimate of drug-likeness (QED) is 0.844. The highest BCUT2D eigenvalue weighted by atomic mass is 16.2. The van der Waals surface area contributed by atoms with Gasteiger partial charge in [-0.1, -0.05) is 18.2 Å². The van der Waals surface area contributed by atoms with Gasteiger partial charge in [0.1, 0.15) is 0 Å². The van der Waals surface area contributed by atoms with Crippen LogP contribution in [0.4, 0.5) is 0 Å². The fourth-order valence-corrected chi connectivity index (χ4v) is 2.52. The third kappa shape index (κ3) is 2.76. The summed E-state index contributed by atoms with van der Waals surface area (Å²) in [4.78, 5) is 28.7. The van der Waals surface area contributed by atoms with Gasteiger partial charge in [-0.15, -0.1) is 0 Å². The van der Waals surface area contributed by atoms with Crippen LogP contribution >= 0.6 is 0 Å². The van der Waals surface area contributed by atoms with E-state index < -0.39 is 0 Å². The van der Waals surface area contributed by atoms with Gasteiger partial charge in [0.05, 0.1) is 12.2 Å². The van der Waals surface area contributed by atoms with Crippen LogP contribution in [0.5, 0.6) is 0 Å². The Bertz CT molecular complexity index is 670. The number of hydrogen-bond acceptors (Lipinski definition) is 3. The van der Waals surface area contributed by atoms with Crippen LogP contribution in [0.3, 0.4) is 0 Å². The minimum absolute atomic E-state index is 0.0329. The predicted molar refractivity (Wildman–Crippen MR) is 77.2 cm³/mol. The Labute approximate surface area is 122 Å². The van der Waals surface area contributed by atoms with Crippen molar-refractivity contribution in [1.29, 1.82) is 0 Å². The first-order chi connectivity index (χ1) is 10.3. The third-order valence-electron chi connectivity index (χ3n) is 3.52. The smallest absolute Gasteiger partial charge is 0.254 e. The van der Waals surface area contributed by atoms with Crippen LogP contribution in [0.2, 0.25) is 0 Å². The van der Waals surface area contributed by atoms with Gasteiger partial charge in [-0.25, -0.2) is 0 Å². The number of nitrogens with zero attached hydrogens (tertiary/aromatic N) is 2. The Morgan fingerprint density at radius 1 is 1.29 bits per heavy atom. The van der Waals surface area contributed by atoms with Gasteiger partial charge in [-0.05, 0) is 29.3 Å². The normalized spacial score (nSPS) is 13.1. The van der Waals surface area contributed by atoms with Crippen molar-refractivity contribution in [3.8, 4) is 0 Å². The second-order valence-electron chi connectivity index (χ2n) is 4.97. The highest BCUT2D eigenvalue weighted by Crippen LogP contribution is 2.25. The molecule has 1 aromatic heterocycles. The van der Waals surface area contributed by atoms with Crippen LogP contribution in [-0.4, -0.2) is 22.2 Å². The lowest BCUT2D eigenvalue weighted by molar-refractivity contribution is -0.109. The number of carbonyl (C=O) groups is 2. The first kappa shape index (κ1) is 13.3. The molecular formula is C16H15N3O2. The second-order valence-corrected chi connectivity index (χ2v) is 4.97. The molecule has 0 radical (unpaired) electrons. The molecule has 0 unspecified atom stereocenters. The van der Waals surface area contributed by atoms with E-state index in [1.54, 1.807) is 11.1 Å². The number of pyridine rings is 1. The molecule has 21 heavy (non-hydrogen) atoms. The highest BCUT2D eigenvalue weighted by molar-refractivity contribution is 5.98. The monoisotopic (exact) mass is 281 g/mol. The van der Waals surface area contributed by atoms with E-state index in [4.69, 9.17) is 0 Å². The molecule has 1 N–H and O–H groups in total. The minimum atomic E-state index is 0.0329. The van der Waals surface area contributed by atoms with E-state index >= 15 is 0 Å². The first-order valence-corrected chi connectivity index (χ1v) is 6.76. The number of hydrogen-bond donors (Lipinski definition) is 1. The predicted octanol–water partition coefficient (Wildman–Crippen LogP) is 1.48. The molecule has 0 bridgehead atoms. The lowest BCUT2D eigenvalue weighted by atomic mass is 10.1. The second kappa shape index (κ2) is 5.75. The Balaban J connectivity index is 1.76. The third-order valence-corrected chi connectivity index (χ3v) is 3.52. The average molecular weight is 281 g/mol. The molecule has 1 aliphatic rings. The van der Waals surface area contributed by atoms with Gasteiger partial charge in [0.2, 0.25) is 6.41 Å². The van der Waals surface area contributed by atoms with Crippen molar-refractivity contribution in [2.24, 2.45) is 0 Å². The molecule has 106 valence electrons. The van der Waals surface area contributed by atoms with Crippen LogP contribution in [0.25, 0.3) is 0 Å². The SMILES string of the molecule is O=CNCc1ccc2c(c1)CN(Cc1ccccn1)C2=O. The van der Waals surface area contributed by atoms with E-state index in [1.807, 2.05) is 36.4 Å². The van der Waals surface area contributed by atoms with Crippen molar-refractivity contribution in [2.45, 2.75) is 19.6 Å². The van der Waals surface area contributed by atoms with Crippen LogP contribution in [-0.2, 0) is 24.4 Å². The van der Waals surface area contributed by atoms with E-state index in [2.05, 4.69) is 10.3 Å². The number of carbonyl (C=O) groups excluding carboxylic acids is 2. The van der Waals surface area contributed by atoms with Gasteiger partial charge in [0, 0.05) is 24.8 Å². The number of fused-ring (bicyclic) bond motifs is 1. The summed E-state index contributed by atoms with van der Waals surface area (Å²) in [6, 6.07) is 11.4. The van der Waals surface area contributed by atoms with Crippen molar-refractivity contribution in [3.05, 3.63) is 65.0 Å². The molecule has 2 aromatic rings. The fraction of sp³-hybridized carbons (Fsp3) is 0.188. The maximum atomic E-state index is 12.4. The van der Waals surface area contributed by atoms with Crippen molar-refractivity contribution < 1.29 is 9.59 Å². The molecule has 0 aliphatic carbocycles. The lowest BCUT2D eigenvalue weighted by Crippen LogP contribution is -2.23. The number of nitrogens with one attached hydrogen (secondary N) is 1. The molecule has 0 spiro atoms. The Morgan fingerprint density at radius 3 is 2.95 bits per heavy atom. The van der Waals surface area contributed by atoms with E-state index in [9.17, 15) is 9.59 Å². The summed E-state index contributed by atoms with van der Waals surface area (Å²) in [5.74, 6) is 0.0329. The summed E-state index contributed by atoms with van der Waals surface area (Å²) in [6.45, 7) is 1.57. The molecule has 5 nitrogen and oxygen atoms in total. The summed E-state index contributed by atoms with van der Waals surface area (Å²) < 4.78 is 0. The van der Waals surface area contributed by atoms with Gasteiger partial charge in [0.25, 0.3) is 5.91 Å². The van der Waals surface area contributed by atoms with E-state index in [1.165, 1.54) is 0 Å². The zero-order valence-corrected chi connectivity index (χ0v) is 11.5. The molecule has 0 atom stereocenters. The topological polar surface area (TPSA) is 62.3 Å². The van der Waals surface area contributed by atoms with Gasteiger partial charge >= 0.3 is 0 Å². The Kier molecular flexibility index (Phi) is 3.64. The molecule has 1 aliphatic heterocycles. The Morgan fingerprint density at radius 2 is 2.19 bits per heavy atom. The summed E-state index contributed by atoms with van der Waals surface area (Å²) in [6.07, 6.45) is 2.40. The fourth-order valence-electron chi connectivity index (χ4n) is 2.52. The maximum absolute atomic E-state index is 12.4. The number of benzene rings is 1. The highest BCUT2D eigenvalue weighted by Gasteiger charge is 2.27. The molecule has 2 heterocycles. The zero-order valence-electron chi connectivity index (χ0n) is 11.5. The number of aromatic nitrogens is 1. The largest absolute Gasteiger partial charge is 0.355 e. The summed E-state index contributed by atoms with van der Waals surface area (Å²) >= 11 is 0. The molecular weight excluding hydrogens is 266 g/mol. The van der Waals surface area contributed by atoms with Crippen molar-refractivity contribution in [3.63, 3.8) is 0 Å². The van der Waals surface area contributed by atoms with E-state index in [0.29, 0.717) is 26.0 Å². The lowest BCUT2D eigenvalue weighted by Gasteiger charge is -2.14. The van der Waals surface area contributed by atoms with Gasteiger partial charge < -0.3 is 10.2 Å². The molecule has 0 saturated heterocycles. The van der Waals surface area contributed by atoms with Gasteiger partial charge in [-0.2, -0.15) is 0 Å². The molecule has 0 saturated carbocycles. The van der Waals surface area contributed by atoms with Crippen LogP contribution in [0.15, 0.2) is 42.6 Å². The van der Waals surface area contributed by atoms with Gasteiger partial charge in [0.15, 0.2) is 0 Å². The summed E-state index contributed by atoms with van der Waals surface area (Å²) in [7, 11) is 0. The van der Waals surface area contributed by atoms with Crippen LogP contribution < -0.4 is 5.32 Å². The van der Waals surface area contributed by atoms with Gasteiger partial charge in [-0.3, -0.25) is 14.6 Å². The van der Waals surface area contributed by atoms with E-state index in [-0.39, 0.29) is 5.91 Å². The van der Waals surface area contributed by atoms with Crippen molar-refractivity contribution >= 4 is 12.3 Å². The molecule has 5 heteroatoms. The first-order valence-electron chi connectivity index (χ1n) is 6.76. The van der Waals surface area contributed by atoms with Crippen LogP contribution in [0, 0.1) is 0 Å². The maximum Gasteiger partial charge on any atom is 0.254 e. The average Bonchev–Trinajstić information content (AvgIpc) is 2.82. The number of amides is 2. The summed E-state index contributed by atoms with van der Waals surface area (Å²) in [5, 5.41) is 2.63. The molecule has 2 amide bonds. The standard InChI is InChI=1S/C16H15N3O2/c20-11-17-8-12-4-5-15-13(7-12)9-19(16(15)21)10-14-3-1-2-6-18-14/h1-7,11H,8-10H2,(H,17,20). The Hall–Kier alpha value is -2.69. The molecule has 3 rings (SSSR count). The van der Waals surface area contributed by atoms with Crippen molar-refractivity contribution in [1.82, 2.24) is 15.2 Å². The van der Waals surface area contributed by atoms with E-state index in [0.717, 1.165) is 22.4 Å². The molecule has 0 fully saturated rings. The van der Waals surface area contributed by atoms with Crippen molar-refractivity contribution in [2.75, 3.05) is 0 Å². The minimum Gasteiger partial charge on any atom is -0.355 e. The number of rotatable bonds is 5. The van der Waals surface area contributed by atoms with Crippen LogP contribution in [0.1, 0.15) is 27.2 Å².